The van der Waals surface area contributed by atoms with Gasteiger partial charge in [0, 0.05) is 12.5 Å². The van der Waals surface area contributed by atoms with Gasteiger partial charge in [-0.15, -0.1) is 0 Å². The van der Waals surface area contributed by atoms with Crippen LogP contribution in [0.25, 0.3) is 0 Å². The molecule has 6 nitrogen and oxygen atoms in total. The number of hydrogen-bond donors (Lipinski definition) is 3. The maximum atomic E-state index is 11.7. The Balaban J connectivity index is 2.33. The molecule has 0 spiro atoms. The Bertz CT molecular complexity index is 387. The normalized spacial score (nSPS) is 22.4. The van der Waals surface area contributed by atoms with Gasteiger partial charge in [-0.1, -0.05) is 27.2 Å². The van der Waals surface area contributed by atoms with Gasteiger partial charge in [0.15, 0.2) is 0 Å². The molecule has 0 saturated heterocycles. The lowest BCUT2D eigenvalue weighted by molar-refractivity contribution is -0.142. The second kappa shape index (κ2) is 6.72. The second-order valence-corrected chi connectivity index (χ2v) is 6.56. The third-order valence-electron chi connectivity index (χ3n) is 3.32. The Labute approximate surface area is 119 Å². The van der Waals surface area contributed by atoms with Gasteiger partial charge in [0.1, 0.15) is 0 Å². The topological polar surface area (TPSA) is 95.5 Å². The van der Waals surface area contributed by atoms with Gasteiger partial charge in [-0.05, 0) is 18.3 Å². The van der Waals surface area contributed by atoms with Crippen LogP contribution in [0, 0.1) is 11.3 Å². The van der Waals surface area contributed by atoms with Crippen LogP contribution in [-0.2, 0) is 14.4 Å². The lowest BCUT2D eigenvalue weighted by Gasteiger charge is -2.19. The molecule has 0 bridgehead atoms. The van der Waals surface area contributed by atoms with Crippen molar-refractivity contribution in [3.8, 4) is 0 Å². The van der Waals surface area contributed by atoms with Gasteiger partial charge in [0.05, 0.1) is 12.5 Å². The van der Waals surface area contributed by atoms with Gasteiger partial charge < -0.3 is 15.7 Å². The van der Waals surface area contributed by atoms with Crippen molar-refractivity contribution in [3.05, 3.63) is 0 Å². The number of carboxylic acid groups (broad SMARTS) is 1. The van der Waals surface area contributed by atoms with Crippen LogP contribution in [0.1, 0.15) is 46.5 Å². The van der Waals surface area contributed by atoms with E-state index in [2.05, 4.69) is 10.6 Å². The molecule has 0 aromatic carbocycles. The maximum absolute atomic E-state index is 11.7. The summed E-state index contributed by atoms with van der Waals surface area (Å²) in [6.45, 7) is 5.74. The number of carbonyl (C=O) groups is 3. The highest BCUT2D eigenvalue weighted by molar-refractivity contribution is 5.85. The van der Waals surface area contributed by atoms with Crippen molar-refractivity contribution in [1.82, 2.24) is 10.6 Å². The smallest absolute Gasteiger partial charge is 0.308 e. The fourth-order valence-corrected chi connectivity index (χ4v) is 2.41. The lowest BCUT2D eigenvalue weighted by Crippen LogP contribution is -2.45. The van der Waals surface area contributed by atoms with Crippen LogP contribution in [-0.4, -0.2) is 35.5 Å². The average molecular weight is 284 g/mol. The molecule has 3 N–H and O–H groups in total. The number of carbonyl (C=O) groups excluding carboxylic acids is 2. The molecule has 0 radical (unpaired) electrons. The monoisotopic (exact) mass is 284 g/mol. The predicted octanol–water partition coefficient (Wildman–Crippen LogP) is 0.908. The van der Waals surface area contributed by atoms with Gasteiger partial charge in [0.25, 0.3) is 0 Å². The van der Waals surface area contributed by atoms with E-state index in [4.69, 9.17) is 5.11 Å². The van der Waals surface area contributed by atoms with Gasteiger partial charge in [-0.25, -0.2) is 0 Å². The fraction of sp³-hybridized carbons (Fsp3) is 0.786. The van der Waals surface area contributed by atoms with E-state index in [1.165, 1.54) is 0 Å². The van der Waals surface area contributed by atoms with E-state index in [-0.39, 0.29) is 29.8 Å². The summed E-state index contributed by atoms with van der Waals surface area (Å²) in [5.41, 5.74) is -0.125. The van der Waals surface area contributed by atoms with Crippen molar-refractivity contribution in [3.63, 3.8) is 0 Å². The first-order chi connectivity index (χ1) is 9.19. The molecular weight excluding hydrogens is 260 g/mol. The molecule has 1 aliphatic carbocycles. The van der Waals surface area contributed by atoms with Crippen LogP contribution >= 0.6 is 0 Å². The van der Waals surface area contributed by atoms with Crippen molar-refractivity contribution >= 4 is 17.8 Å². The zero-order valence-corrected chi connectivity index (χ0v) is 12.4. The minimum absolute atomic E-state index is 0.0995. The number of hydrogen-bond acceptors (Lipinski definition) is 3. The molecule has 0 heterocycles. The van der Waals surface area contributed by atoms with E-state index >= 15 is 0 Å². The highest BCUT2D eigenvalue weighted by atomic mass is 16.4. The Morgan fingerprint density at radius 2 is 1.80 bits per heavy atom. The van der Waals surface area contributed by atoms with Crippen LogP contribution in [0.3, 0.4) is 0 Å². The van der Waals surface area contributed by atoms with Gasteiger partial charge in [-0.2, -0.15) is 0 Å². The minimum atomic E-state index is -0.871. The van der Waals surface area contributed by atoms with Crippen molar-refractivity contribution in [2.24, 2.45) is 11.3 Å². The summed E-state index contributed by atoms with van der Waals surface area (Å²) in [7, 11) is 0. The second-order valence-electron chi connectivity index (χ2n) is 6.56. The quantitative estimate of drug-likeness (QED) is 0.699. The Hall–Kier alpha value is -1.59. The third-order valence-corrected chi connectivity index (χ3v) is 3.32. The number of nitrogens with one attached hydrogen (secondary N) is 2. The molecule has 0 aromatic rings. The van der Waals surface area contributed by atoms with E-state index in [1.54, 1.807) is 0 Å². The fourth-order valence-electron chi connectivity index (χ4n) is 2.41. The summed E-state index contributed by atoms with van der Waals surface area (Å²) in [4.78, 5) is 34.3. The van der Waals surface area contributed by atoms with E-state index in [0.29, 0.717) is 19.3 Å². The number of carboxylic acids is 1. The summed E-state index contributed by atoms with van der Waals surface area (Å²) >= 11 is 0. The molecule has 1 rings (SSSR count). The predicted molar refractivity (Wildman–Crippen MR) is 74.0 cm³/mol. The number of rotatable bonds is 5. The molecule has 0 aromatic heterocycles. The summed E-state index contributed by atoms with van der Waals surface area (Å²) in [6, 6.07) is -0.320. The molecule has 1 saturated carbocycles. The molecule has 2 amide bonds. The summed E-state index contributed by atoms with van der Waals surface area (Å²) < 4.78 is 0. The average Bonchev–Trinajstić information content (AvgIpc) is 2.72. The minimum Gasteiger partial charge on any atom is -0.481 e. The zero-order chi connectivity index (χ0) is 15.3. The largest absolute Gasteiger partial charge is 0.481 e. The molecule has 1 fully saturated rings. The number of amides is 2. The summed E-state index contributed by atoms with van der Waals surface area (Å²) in [5, 5.41) is 14.3. The first kappa shape index (κ1) is 16.5. The molecule has 0 aliphatic heterocycles. The van der Waals surface area contributed by atoms with E-state index in [0.717, 1.165) is 6.42 Å². The lowest BCUT2D eigenvalue weighted by atomic mass is 9.92. The Morgan fingerprint density at radius 3 is 2.35 bits per heavy atom. The molecule has 20 heavy (non-hydrogen) atoms. The van der Waals surface area contributed by atoms with Crippen LogP contribution in [0.15, 0.2) is 0 Å². The molecule has 1 aliphatic rings. The first-order valence-corrected chi connectivity index (χ1v) is 6.98. The van der Waals surface area contributed by atoms with Crippen molar-refractivity contribution in [1.29, 1.82) is 0 Å². The molecule has 114 valence electrons. The van der Waals surface area contributed by atoms with E-state index < -0.39 is 11.9 Å². The Kier molecular flexibility index (Phi) is 5.53. The Morgan fingerprint density at radius 1 is 1.15 bits per heavy atom. The standard InChI is InChI=1S/C14H24N2O4/c1-14(2,3)7-11(17)15-8-12(18)16-10-6-4-5-9(10)13(19)20/h9-10H,4-8H2,1-3H3,(H,15,17)(H,16,18)(H,19,20)/t9-,10+/m0/s1. The van der Waals surface area contributed by atoms with Gasteiger partial charge in [-0.3, -0.25) is 14.4 Å². The SMILES string of the molecule is CC(C)(C)CC(=O)NCC(=O)N[C@@H]1CCC[C@@H]1C(=O)O. The van der Waals surface area contributed by atoms with Crippen LogP contribution < -0.4 is 10.6 Å². The van der Waals surface area contributed by atoms with Crippen LogP contribution in [0.5, 0.6) is 0 Å². The first-order valence-electron chi connectivity index (χ1n) is 6.98. The van der Waals surface area contributed by atoms with E-state index in [9.17, 15) is 14.4 Å². The summed E-state index contributed by atoms with van der Waals surface area (Å²) in [6.07, 6.45) is 2.43. The maximum Gasteiger partial charge on any atom is 0.308 e. The van der Waals surface area contributed by atoms with Gasteiger partial charge in [0.2, 0.25) is 11.8 Å². The highest BCUT2D eigenvalue weighted by Gasteiger charge is 2.33. The van der Waals surface area contributed by atoms with Crippen LogP contribution in [0.4, 0.5) is 0 Å². The zero-order valence-electron chi connectivity index (χ0n) is 12.4. The molecule has 2 atom stereocenters. The van der Waals surface area contributed by atoms with Crippen molar-refractivity contribution < 1.29 is 19.5 Å². The van der Waals surface area contributed by atoms with E-state index in [1.807, 2.05) is 20.8 Å². The molecule has 0 unspecified atom stereocenters. The number of aliphatic carboxylic acids is 1. The third kappa shape index (κ3) is 5.59. The molecular formula is C14H24N2O4. The summed E-state index contributed by atoms with van der Waals surface area (Å²) in [5.74, 6) is -1.88. The van der Waals surface area contributed by atoms with Gasteiger partial charge >= 0.3 is 5.97 Å². The molecule has 6 heteroatoms. The van der Waals surface area contributed by atoms with Crippen LogP contribution in [0.2, 0.25) is 0 Å². The van der Waals surface area contributed by atoms with Crippen molar-refractivity contribution in [2.45, 2.75) is 52.5 Å². The highest BCUT2D eigenvalue weighted by Crippen LogP contribution is 2.25. The van der Waals surface area contributed by atoms with Crippen molar-refractivity contribution in [2.75, 3.05) is 6.54 Å².